The minimum atomic E-state index is -0.992. The number of fused-ring (bicyclic) bond motifs is 1. The molecule has 0 unspecified atom stereocenters. The van der Waals surface area contributed by atoms with E-state index in [1.165, 1.54) is 6.07 Å². The van der Waals surface area contributed by atoms with Crippen molar-refractivity contribution in [2.24, 2.45) is 0 Å². The zero-order valence-electron chi connectivity index (χ0n) is 21.6. The van der Waals surface area contributed by atoms with Gasteiger partial charge in [0.25, 0.3) is 0 Å². The summed E-state index contributed by atoms with van der Waals surface area (Å²) in [5.41, 5.74) is 3.53. The normalized spacial score (nSPS) is 14.7. The molecule has 1 saturated heterocycles. The lowest BCUT2D eigenvalue weighted by atomic mass is 10.1. The Morgan fingerprint density at radius 2 is 1.90 bits per heavy atom. The van der Waals surface area contributed by atoms with Crippen molar-refractivity contribution >= 4 is 40.2 Å². The van der Waals surface area contributed by atoms with Crippen LogP contribution in [0.2, 0.25) is 10.0 Å². The van der Waals surface area contributed by atoms with Crippen LogP contribution >= 0.6 is 23.2 Å². The third-order valence-corrected chi connectivity index (χ3v) is 7.52. The number of nitrogens with zero attached hydrogens (tertiary/aromatic N) is 4. The summed E-state index contributed by atoms with van der Waals surface area (Å²) in [6.45, 7) is 1.28. The van der Waals surface area contributed by atoms with Crippen molar-refractivity contribution in [3.63, 3.8) is 0 Å². The number of aromatic carboxylic acids is 1. The molecule has 2 aromatic heterocycles. The average Bonchev–Trinajstić information content (AvgIpc) is 3.27. The van der Waals surface area contributed by atoms with Crippen molar-refractivity contribution in [2.75, 3.05) is 6.61 Å². The number of ether oxygens (including phenoxy) is 2. The zero-order valence-corrected chi connectivity index (χ0v) is 23.1. The van der Waals surface area contributed by atoms with Gasteiger partial charge in [-0.3, -0.25) is 0 Å². The molecular weight excluding hydrogens is 570 g/mol. The Labute approximate surface area is 244 Å². The first-order valence-corrected chi connectivity index (χ1v) is 13.6. The molecule has 0 amide bonds. The minimum Gasteiger partial charge on any atom is -0.478 e. The molecule has 0 spiro atoms. The summed E-state index contributed by atoms with van der Waals surface area (Å²) in [6, 6.07) is 16.4. The van der Waals surface area contributed by atoms with Crippen molar-refractivity contribution in [1.29, 1.82) is 0 Å². The summed E-state index contributed by atoms with van der Waals surface area (Å²) in [4.78, 5) is 25.2. The first-order valence-electron chi connectivity index (χ1n) is 12.9. The van der Waals surface area contributed by atoms with E-state index in [1.807, 2.05) is 16.7 Å². The fourth-order valence-electron chi connectivity index (χ4n) is 4.63. The van der Waals surface area contributed by atoms with Crippen molar-refractivity contribution < 1.29 is 23.8 Å². The number of hydrogen-bond donors (Lipinski definition) is 1. The predicted molar refractivity (Wildman–Crippen MR) is 152 cm³/mol. The van der Waals surface area contributed by atoms with Gasteiger partial charge in [0.1, 0.15) is 18.2 Å². The number of rotatable bonds is 9. The highest BCUT2D eigenvalue weighted by Gasteiger charge is 2.23. The van der Waals surface area contributed by atoms with E-state index in [1.54, 1.807) is 48.7 Å². The van der Waals surface area contributed by atoms with Gasteiger partial charge in [-0.25, -0.2) is 19.2 Å². The van der Waals surface area contributed by atoms with E-state index >= 15 is 0 Å². The van der Waals surface area contributed by atoms with Crippen LogP contribution in [0.1, 0.15) is 33.7 Å². The molecule has 8 nitrogen and oxygen atoms in total. The monoisotopic (exact) mass is 592 g/mol. The second-order valence-electron chi connectivity index (χ2n) is 9.65. The summed E-state index contributed by atoms with van der Waals surface area (Å²) in [5.74, 6) is 0.00727. The Morgan fingerprint density at radius 3 is 2.63 bits per heavy atom. The number of benzene rings is 3. The van der Waals surface area contributed by atoms with Gasteiger partial charge in [-0.2, -0.15) is 4.98 Å². The Bertz CT molecular complexity index is 1770. The first kappa shape index (κ1) is 27.1. The maximum absolute atomic E-state index is 14.1. The molecule has 1 aliphatic heterocycles. The van der Waals surface area contributed by atoms with Crippen LogP contribution in [0, 0.1) is 5.82 Å². The molecule has 1 aliphatic rings. The van der Waals surface area contributed by atoms with Gasteiger partial charge in [0.15, 0.2) is 5.82 Å². The zero-order chi connectivity index (χ0) is 28.5. The van der Waals surface area contributed by atoms with Gasteiger partial charge in [-0.15, -0.1) is 0 Å². The van der Waals surface area contributed by atoms with Crippen LogP contribution < -0.4 is 4.74 Å². The smallest absolute Gasteiger partial charge is 0.335 e. The second kappa shape index (κ2) is 11.4. The largest absolute Gasteiger partial charge is 0.478 e. The number of carbonyl (C=O) groups is 1. The van der Waals surface area contributed by atoms with Gasteiger partial charge in [0.05, 0.1) is 29.2 Å². The Morgan fingerprint density at radius 1 is 1.07 bits per heavy atom. The fraction of sp³-hybridized carbons (Fsp3) is 0.200. The molecule has 208 valence electrons. The number of carboxylic acids is 1. The number of aromatic nitrogens is 4. The predicted octanol–water partition coefficient (Wildman–Crippen LogP) is 6.60. The molecule has 1 N–H and O–H groups in total. The van der Waals surface area contributed by atoms with Gasteiger partial charge in [-0.05, 0) is 48.4 Å². The lowest BCUT2D eigenvalue weighted by molar-refractivity contribution is -0.0589. The molecule has 1 atom stereocenters. The van der Waals surface area contributed by atoms with E-state index in [-0.39, 0.29) is 24.2 Å². The number of carboxylic acid groups (broad SMARTS) is 1. The molecule has 0 aliphatic carbocycles. The van der Waals surface area contributed by atoms with Crippen LogP contribution in [0.5, 0.6) is 5.88 Å². The standard InChI is InChI=1S/C30H23Cl2FN4O4/c31-21-5-3-20(24(33)14-21)16-41-28-7-9-34-29(36-28)18-2-1-17(23(32)11-18)13-27-35-25-6-4-19(30(38)39)12-26(25)37(27)15-22-8-10-40-22/h1-7,9,11-12,14,22H,8,10,13,15-16H2,(H,38,39)/t22-/m0/s1. The molecule has 1 fully saturated rings. The quantitative estimate of drug-likeness (QED) is 0.206. The number of imidazole rings is 1. The summed E-state index contributed by atoms with van der Waals surface area (Å²) >= 11 is 12.5. The van der Waals surface area contributed by atoms with Crippen LogP contribution in [0.3, 0.4) is 0 Å². The van der Waals surface area contributed by atoms with Gasteiger partial charge < -0.3 is 19.1 Å². The maximum atomic E-state index is 14.1. The summed E-state index contributed by atoms with van der Waals surface area (Å²) in [6.07, 6.45) is 2.98. The molecule has 3 heterocycles. The van der Waals surface area contributed by atoms with Crippen LogP contribution in [-0.2, 0) is 24.3 Å². The first-order chi connectivity index (χ1) is 19.8. The highest BCUT2D eigenvalue weighted by molar-refractivity contribution is 6.31. The van der Waals surface area contributed by atoms with Crippen molar-refractivity contribution in [1.82, 2.24) is 19.5 Å². The lowest BCUT2D eigenvalue weighted by Crippen LogP contribution is -2.31. The fourth-order valence-corrected chi connectivity index (χ4v) is 5.03. The summed E-state index contributed by atoms with van der Waals surface area (Å²) in [5, 5.41) is 10.3. The molecule has 3 aromatic carbocycles. The third-order valence-electron chi connectivity index (χ3n) is 6.93. The van der Waals surface area contributed by atoms with E-state index in [2.05, 4.69) is 9.97 Å². The van der Waals surface area contributed by atoms with E-state index in [0.29, 0.717) is 52.1 Å². The highest BCUT2D eigenvalue weighted by atomic mass is 35.5. The van der Waals surface area contributed by atoms with Crippen LogP contribution in [0.25, 0.3) is 22.4 Å². The lowest BCUT2D eigenvalue weighted by Gasteiger charge is -2.27. The topological polar surface area (TPSA) is 99.4 Å². The molecule has 6 rings (SSSR count). The maximum Gasteiger partial charge on any atom is 0.335 e. The van der Waals surface area contributed by atoms with Crippen LogP contribution in [0.15, 0.2) is 66.9 Å². The van der Waals surface area contributed by atoms with E-state index in [0.717, 1.165) is 23.3 Å². The van der Waals surface area contributed by atoms with Crippen LogP contribution in [-0.4, -0.2) is 43.3 Å². The molecule has 11 heteroatoms. The molecule has 5 aromatic rings. The molecule has 0 saturated carbocycles. The van der Waals surface area contributed by atoms with E-state index < -0.39 is 11.8 Å². The Hall–Kier alpha value is -4.05. The number of hydrogen-bond acceptors (Lipinski definition) is 6. The summed E-state index contributed by atoms with van der Waals surface area (Å²) < 4.78 is 27.5. The van der Waals surface area contributed by atoms with Crippen molar-refractivity contribution in [3.8, 4) is 17.3 Å². The van der Waals surface area contributed by atoms with Crippen molar-refractivity contribution in [3.05, 3.63) is 105 Å². The highest BCUT2D eigenvalue weighted by Crippen LogP contribution is 2.29. The van der Waals surface area contributed by atoms with Crippen molar-refractivity contribution in [2.45, 2.75) is 32.1 Å². The average molecular weight is 593 g/mol. The number of halogens is 3. The second-order valence-corrected chi connectivity index (χ2v) is 10.5. The van der Waals surface area contributed by atoms with Gasteiger partial charge in [0.2, 0.25) is 5.88 Å². The Kier molecular flexibility index (Phi) is 7.57. The van der Waals surface area contributed by atoms with Gasteiger partial charge in [0, 0.05) is 46.5 Å². The Balaban J connectivity index is 1.24. The SMILES string of the molecule is O=C(O)c1ccc2nc(Cc3ccc(-c4nccc(OCc5ccc(Cl)cc5F)n4)cc3Cl)n(C[C@@H]3CCO3)c2c1. The minimum absolute atomic E-state index is 0.0139. The van der Waals surface area contributed by atoms with Gasteiger partial charge in [-0.1, -0.05) is 41.4 Å². The third kappa shape index (κ3) is 5.88. The summed E-state index contributed by atoms with van der Waals surface area (Å²) in [7, 11) is 0. The van der Waals surface area contributed by atoms with E-state index in [4.69, 9.17) is 37.7 Å². The molecule has 0 radical (unpaired) electrons. The molecule has 0 bridgehead atoms. The van der Waals surface area contributed by atoms with Crippen LogP contribution in [0.4, 0.5) is 4.39 Å². The van der Waals surface area contributed by atoms with Gasteiger partial charge >= 0.3 is 5.97 Å². The molecular formula is C30H23Cl2FN4O4. The molecule has 41 heavy (non-hydrogen) atoms. The van der Waals surface area contributed by atoms with E-state index in [9.17, 15) is 14.3 Å².